The molecule has 0 bridgehead atoms. The molecular formula is C19H14N4OS. The van der Waals surface area contributed by atoms with Gasteiger partial charge < -0.3 is 11.5 Å². The predicted molar refractivity (Wildman–Crippen MR) is 101 cm³/mol. The Bertz CT molecular complexity index is 1000. The Hall–Kier alpha value is -3.43. The molecule has 0 amide bonds. The maximum absolute atomic E-state index is 13.1. The zero-order valence-corrected chi connectivity index (χ0v) is 14.0. The van der Waals surface area contributed by atoms with Crippen LogP contribution in [-0.2, 0) is 0 Å². The SMILES string of the molecule is N#Cc1c(-c2ccccc2)c(C(=O)c2ccccc2)c(N)n1C(N)=S. The summed E-state index contributed by atoms with van der Waals surface area (Å²) in [5, 5.41) is 9.56. The van der Waals surface area contributed by atoms with E-state index in [0.717, 1.165) is 0 Å². The van der Waals surface area contributed by atoms with E-state index in [1.54, 1.807) is 36.4 Å². The summed E-state index contributed by atoms with van der Waals surface area (Å²) < 4.78 is 1.24. The van der Waals surface area contributed by atoms with Crippen LogP contribution in [0.2, 0.25) is 0 Å². The van der Waals surface area contributed by atoms with Gasteiger partial charge in [0.15, 0.2) is 10.9 Å². The van der Waals surface area contributed by atoms with Gasteiger partial charge in [-0.2, -0.15) is 5.26 Å². The Morgan fingerprint density at radius 2 is 1.60 bits per heavy atom. The summed E-state index contributed by atoms with van der Waals surface area (Å²) in [6.45, 7) is 0. The van der Waals surface area contributed by atoms with Crippen LogP contribution in [0.4, 0.5) is 5.82 Å². The van der Waals surface area contributed by atoms with E-state index in [0.29, 0.717) is 16.7 Å². The summed E-state index contributed by atoms with van der Waals surface area (Å²) in [4.78, 5) is 13.1. The molecule has 1 aromatic heterocycles. The van der Waals surface area contributed by atoms with Gasteiger partial charge in [0.25, 0.3) is 0 Å². The van der Waals surface area contributed by atoms with Crippen LogP contribution in [0.15, 0.2) is 60.7 Å². The van der Waals surface area contributed by atoms with Crippen LogP contribution in [0.25, 0.3) is 11.1 Å². The topological polar surface area (TPSA) is 97.8 Å². The lowest BCUT2D eigenvalue weighted by Gasteiger charge is -2.05. The van der Waals surface area contributed by atoms with Crippen LogP contribution in [-0.4, -0.2) is 15.5 Å². The number of carbonyl (C=O) groups is 1. The van der Waals surface area contributed by atoms with Crippen molar-refractivity contribution in [3.63, 3.8) is 0 Å². The number of rotatable bonds is 3. The van der Waals surface area contributed by atoms with E-state index in [9.17, 15) is 10.1 Å². The maximum Gasteiger partial charge on any atom is 0.197 e. The number of nitrogen functional groups attached to an aromatic ring is 1. The van der Waals surface area contributed by atoms with Crippen molar-refractivity contribution >= 4 is 28.9 Å². The Labute approximate surface area is 150 Å². The van der Waals surface area contributed by atoms with Gasteiger partial charge in [-0.05, 0) is 17.8 Å². The number of nitrogens with two attached hydrogens (primary N) is 2. The second kappa shape index (κ2) is 6.59. The summed E-state index contributed by atoms with van der Waals surface area (Å²) in [5.41, 5.74) is 13.9. The Balaban J connectivity index is 2.37. The molecule has 0 saturated carbocycles. The minimum atomic E-state index is -0.288. The van der Waals surface area contributed by atoms with Crippen molar-refractivity contribution in [3.8, 4) is 17.2 Å². The third kappa shape index (κ3) is 2.77. The molecule has 4 N–H and O–H groups in total. The van der Waals surface area contributed by atoms with Crippen LogP contribution < -0.4 is 11.5 Å². The van der Waals surface area contributed by atoms with E-state index in [2.05, 4.69) is 6.07 Å². The second-order valence-corrected chi connectivity index (χ2v) is 5.75. The zero-order valence-electron chi connectivity index (χ0n) is 13.1. The molecule has 6 heteroatoms. The molecule has 0 fully saturated rings. The molecule has 0 spiro atoms. The third-order valence-corrected chi connectivity index (χ3v) is 4.04. The predicted octanol–water partition coefficient (Wildman–Crippen LogP) is 2.93. The van der Waals surface area contributed by atoms with Gasteiger partial charge >= 0.3 is 0 Å². The third-order valence-electron chi connectivity index (χ3n) is 3.86. The van der Waals surface area contributed by atoms with Crippen molar-refractivity contribution in [1.29, 1.82) is 5.26 Å². The number of anilines is 1. The second-order valence-electron chi connectivity index (χ2n) is 5.33. The van der Waals surface area contributed by atoms with Gasteiger partial charge in [-0.3, -0.25) is 9.36 Å². The fraction of sp³-hybridized carbons (Fsp3) is 0. The molecule has 5 nitrogen and oxygen atoms in total. The molecule has 0 saturated heterocycles. The number of carbonyl (C=O) groups excluding carboxylic acids is 1. The number of aromatic nitrogens is 1. The summed E-state index contributed by atoms with van der Waals surface area (Å²) in [6, 6.07) is 19.9. The first kappa shape index (κ1) is 16.4. The lowest BCUT2D eigenvalue weighted by Crippen LogP contribution is -2.22. The van der Waals surface area contributed by atoms with E-state index in [4.69, 9.17) is 23.7 Å². The highest BCUT2D eigenvalue weighted by molar-refractivity contribution is 7.80. The van der Waals surface area contributed by atoms with Crippen molar-refractivity contribution in [2.45, 2.75) is 0 Å². The van der Waals surface area contributed by atoms with Gasteiger partial charge in [-0.15, -0.1) is 0 Å². The number of benzene rings is 2. The van der Waals surface area contributed by atoms with Crippen LogP contribution in [0, 0.1) is 11.3 Å². The molecular weight excluding hydrogens is 332 g/mol. The van der Waals surface area contributed by atoms with Crippen LogP contribution in [0.5, 0.6) is 0 Å². The van der Waals surface area contributed by atoms with E-state index >= 15 is 0 Å². The zero-order chi connectivity index (χ0) is 18.0. The minimum Gasteiger partial charge on any atom is -0.384 e. The molecule has 1 heterocycles. The largest absolute Gasteiger partial charge is 0.384 e. The fourth-order valence-electron chi connectivity index (χ4n) is 2.77. The molecule has 3 aromatic rings. The van der Waals surface area contributed by atoms with Gasteiger partial charge in [0.05, 0.1) is 5.56 Å². The maximum atomic E-state index is 13.1. The highest BCUT2D eigenvalue weighted by atomic mass is 32.1. The number of hydrogen-bond donors (Lipinski definition) is 2. The molecule has 0 radical (unpaired) electrons. The highest BCUT2D eigenvalue weighted by Crippen LogP contribution is 2.35. The van der Waals surface area contributed by atoms with E-state index < -0.39 is 0 Å². The molecule has 25 heavy (non-hydrogen) atoms. The minimum absolute atomic E-state index is 0.0664. The standard InChI is InChI=1S/C19H14N4OS/c20-11-14-15(12-7-3-1-4-8-12)16(18(21)23(14)19(22)25)17(24)13-9-5-2-6-10-13/h1-10H,21H2,(H2,22,25). The molecule has 0 unspecified atom stereocenters. The Kier molecular flexibility index (Phi) is 4.33. The van der Waals surface area contributed by atoms with Crippen molar-refractivity contribution in [1.82, 2.24) is 4.57 Å². The van der Waals surface area contributed by atoms with Gasteiger partial charge in [0, 0.05) is 11.1 Å². The molecule has 2 aromatic carbocycles. The molecule has 0 atom stereocenters. The quantitative estimate of drug-likeness (QED) is 0.561. The summed E-state index contributed by atoms with van der Waals surface area (Å²) in [7, 11) is 0. The smallest absolute Gasteiger partial charge is 0.197 e. The monoisotopic (exact) mass is 346 g/mol. The van der Waals surface area contributed by atoms with Gasteiger partial charge in [-0.1, -0.05) is 60.7 Å². The van der Waals surface area contributed by atoms with Crippen LogP contribution >= 0.6 is 12.2 Å². The van der Waals surface area contributed by atoms with Gasteiger partial charge in [0.2, 0.25) is 0 Å². The Morgan fingerprint density at radius 3 is 2.12 bits per heavy atom. The molecule has 122 valence electrons. The van der Waals surface area contributed by atoms with E-state index in [1.165, 1.54) is 4.57 Å². The average Bonchev–Trinajstić information content (AvgIpc) is 2.95. The highest BCUT2D eigenvalue weighted by Gasteiger charge is 2.28. The fourth-order valence-corrected chi connectivity index (χ4v) is 2.96. The van der Waals surface area contributed by atoms with Crippen LogP contribution in [0.3, 0.4) is 0 Å². The first-order valence-corrected chi connectivity index (χ1v) is 7.86. The summed E-state index contributed by atoms with van der Waals surface area (Å²) in [5.74, 6) is -0.222. The first-order valence-electron chi connectivity index (χ1n) is 7.45. The number of nitrogens with zero attached hydrogens (tertiary/aromatic N) is 2. The molecule has 0 aliphatic carbocycles. The summed E-state index contributed by atoms with van der Waals surface area (Å²) in [6.07, 6.45) is 0. The first-order chi connectivity index (χ1) is 12.1. The van der Waals surface area contributed by atoms with Crippen molar-refractivity contribution < 1.29 is 4.79 Å². The lowest BCUT2D eigenvalue weighted by molar-refractivity contribution is 0.104. The Morgan fingerprint density at radius 1 is 1.04 bits per heavy atom. The van der Waals surface area contributed by atoms with Crippen molar-refractivity contribution in [2.75, 3.05) is 5.73 Å². The van der Waals surface area contributed by atoms with Gasteiger partial charge in [0.1, 0.15) is 17.6 Å². The van der Waals surface area contributed by atoms with Crippen molar-refractivity contribution in [2.24, 2.45) is 5.73 Å². The summed E-state index contributed by atoms with van der Waals surface area (Å²) >= 11 is 5.03. The molecule has 3 rings (SSSR count). The van der Waals surface area contributed by atoms with Crippen LogP contribution in [0.1, 0.15) is 21.6 Å². The van der Waals surface area contributed by atoms with Gasteiger partial charge in [-0.25, -0.2) is 0 Å². The number of ketones is 1. The molecule has 0 aliphatic rings. The normalized spacial score (nSPS) is 10.2. The number of hydrogen-bond acceptors (Lipinski definition) is 4. The van der Waals surface area contributed by atoms with E-state index in [1.807, 2.05) is 24.3 Å². The van der Waals surface area contributed by atoms with Crippen molar-refractivity contribution in [3.05, 3.63) is 77.5 Å². The lowest BCUT2D eigenvalue weighted by atomic mass is 9.95. The molecule has 0 aliphatic heterocycles. The number of nitriles is 1. The number of thiocarbonyl (C=S) groups is 1. The van der Waals surface area contributed by atoms with E-state index in [-0.39, 0.29) is 28.0 Å². The average molecular weight is 346 g/mol.